The largest absolute Gasteiger partial charge is 0.360 e. The standard InChI is InChI=1S/C17H15F4N5/c18-16(19)10-4-5-15-23-6-12(26(15)8-10)11-2-1-3-14(24-11)25-13-7-22-9-17(13,20)21/h1-6,8,13,16,22H,7,9H2,(H,24,25). The summed E-state index contributed by atoms with van der Waals surface area (Å²) in [5, 5.41) is 5.38. The minimum Gasteiger partial charge on any atom is -0.360 e. The molecule has 26 heavy (non-hydrogen) atoms. The number of hydrogen-bond donors (Lipinski definition) is 2. The number of anilines is 1. The van der Waals surface area contributed by atoms with Gasteiger partial charge in [0.2, 0.25) is 0 Å². The van der Waals surface area contributed by atoms with Gasteiger partial charge in [-0.05, 0) is 24.3 Å². The van der Waals surface area contributed by atoms with E-state index in [0.29, 0.717) is 17.0 Å². The molecule has 0 spiro atoms. The van der Waals surface area contributed by atoms with E-state index in [-0.39, 0.29) is 24.5 Å². The number of pyridine rings is 2. The van der Waals surface area contributed by atoms with Crippen molar-refractivity contribution < 1.29 is 17.6 Å². The van der Waals surface area contributed by atoms with Crippen LogP contribution in [0.25, 0.3) is 17.0 Å². The van der Waals surface area contributed by atoms with Crippen molar-refractivity contribution in [3.63, 3.8) is 0 Å². The molecule has 1 fully saturated rings. The summed E-state index contributed by atoms with van der Waals surface area (Å²) < 4.78 is 55.0. The molecule has 0 aliphatic carbocycles. The zero-order valence-electron chi connectivity index (χ0n) is 13.5. The van der Waals surface area contributed by atoms with E-state index in [9.17, 15) is 17.6 Å². The number of aromatic nitrogens is 3. The van der Waals surface area contributed by atoms with Gasteiger partial charge in [0.1, 0.15) is 17.5 Å². The zero-order chi connectivity index (χ0) is 18.3. The summed E-state index contributed by atoms with van der Waals surface area (Å²) >= 11 is 0. The first kappa shape index (κ1) is 16.8. The van der Waals surface area contributed by atoms with Gasteiger partial charge in [-0.25, -0.2) is 27.5 Å². The SMILES string of the molecule is FC(F)c1ccc2ncc(-c3cccc(NC4CNCC4(F)F)n3)n2c1. The van der Waals surface area contributed by atoms with Gasteiger partial charge in [0, 0.05) is 18.3 Å². The van der Waals surface area contributed by atoms with Crippen LogP contribution in [0.15, 0.2) is 42.7 Å². The number of imidazole rings is 1. The Balaban J connectivity index is 1.68. The fourth-order valence-corrected chi connectivity index (χ4v) is 2.96. The lowest BCUT2D eigenvalue weighted by Gasteiger charge is -2.20. The number of nitrogens with zero attached hydrogens (tertiary/aromatic N) is 3. The highest BCUT2D eigenvalue weighted by Crippen LogP contribution is 2.27. The highest BCUT2D eigenvalue weighted by molar-refractivity contribution is 5.62. The Morgan fingerprint density at radius 1 is 1.23 bits per heavy atom. The molecule has 0 amide bonds. The van der Waals surface area contributed by atoms with Crippen LogP contribution < -0.4 is 10.6 Å². The van der Waals surface area contributed by atoms with E-state index in [1.165, 1.54) is 28.9 Å². The molecule has 1 aliphatic heterocycles. The highest BCUT2D eigenvalue weighted by atomic mass is 19.3. The van der Waals surface area contributed by atoms with Crippen molar-refractivity contribution in [3.05, 3.63) is 48.3 Å². The third-order valence-electron chi connectivity index (χ3n) is 4.33. The van der Waals surface area contributed by atoms with Crippen molar-refractivity contribution in [2.24, 2.45) is 0 Å². The molecule has 0 aromatic carbocycles. The summed E-state index contributed by atoms with van der Waals surface area (Å²) in [5.74, 6) is -2.58. The third kappa shape index (κ3) is 2.98. The Kier molecular flexibility index (Phi) is 4.03. The van der Waals surface area contributed by atoms with Crippen LogP contribution >= 0.6 is 0 Å². The molecular weight excluding hydrogens is 350 g/mol. The number of alkyl halides is 4. The molecule has 136 valence electrons. The molecule has 1 aliphatic rings. The maximum atomic E-state index is 13.8. The van der Waals surface area contributed by atoms with Crippen LogP contribution in [0.4, 0.5) is 23.4 Å². The normalized spacial score (nSPS) is 19.3. The fourth-order valence-electron chi connectivity index (χ4n) is 2.96. The fraction of sp³-hybridized carbons (Fsp3) is 0.294. The van der Waals surface area contributed by atoms with E-state index >= 15 is 0 Å². The first-order valence-electron chi connectivity index (χ1n) is 8.02. The molecule has 0 radical (unpaired) electrons. The van der Waals surface area contributed by atoms with Gasteiger partial charge >= 0.3 is 0 Å². The van der Waals surface area contributed by atoms with Gasteiger partial charge in [-0.3, -0.25) is 4.40 Å². The first-order valence-corrected chi connectivity index (χ1v) is 8.02. The second-order valence-corrected chi connectivity index (χ2v) is 6.13. The van der Waals surface area contributed by atoms with Crippen LogP contribution in [0, 0.1) is 0 Å². The van der Waals surface area contributed by atoms with E-state index < -0.39 is 18.4 Å². The van der Waals surface area contributed by atoms with Gasteiger partial charge in [-0.1, -0.05) is 6.07 Å². The number of rotatable bonds is 4. The lowest BCUT2D eigenvalue weighted by Crippen LogP contribution is -2.38. The average molecular weight is 365 g/mol. The summed E-state index contributed by atoms with van der Waals surface area (Å²) in [6.07, 6.45) is 0.217. The molecule has 1 atom stereocenters. The summed E-state index contributed by atoms with van der Waals surface area (Å²) in [4.78, 5) is 8.53. The van der Waals surface area contributed by atoms with E-state index in [0.717, 1.165) is 0 Å². The van der Waals surface area contributed by atoms with Gasteiger partial charge < -0.3 is 10.6 Å². The predicted octanol–water partition coefficient (Wildman–Crippen LogP) is 3.35. The second kappa shape index (κ2) is 6.24. The van der Waals surface area contributed by atoms with Crippen molar-refractivity contribution in [2.45, 2.75) is 18.4 Å². The van der Waals surface area contributed by atoms with E-state index in [1.54, 1.807) is 18.2 Å². The zero-order valence-corrected chi connectivity index (χ0v) is 13.5. The number of hydrogen-bond acceptors (Lipinski definition) is 4. The second-order valence-electron chi connectivity index (χ2n) is 6.13. The summed E-state index contributed by atoms with van der Waals surface area (Å²) in [5.41, 5.74) is 1.31. The molecule has 0 saturated carbocycles. The molecule has 3 aromatic rings. The Bertz CT molecular complexity index is 940. The van der Waals surface area contributed by atoms with E-state index in [1.807, 2.05) is 0 Å². The topological polar surface area (TPSA) is 54.2 Å². The monoisotopic (exact) mass is 365 g/mol. The third-order valence-corrected chi connectivity index (χ3v) is 4.33. The van der Waals surface area contributed by atoms with Crippen LogP contribution in [0.2, 0.25) is 0 Å². The van der Waals surface area contributed by atoms with Crippen molar-refractivity contribution in [3.8, 4) is 11.4 Å². The van der Waals surface area contributed by atoms with Gasteiger partial charge in [0.25, 0.3) is 12.3 Å². The number of fused-ring (bicyclic) bond motifs is 1. The van der Waals surface area contributed by atoms with Crippen LogP contribution in [-0.4, -0.2) is 39.4 Å². The average Bonchev–Trinajstić information content (AvgIpc) is 3.18. The maximum absolute atomic E-state index is 13.8. The quantitative estimate of drug-likeness (QED) is 0.697. The number of halogens is 4. The minimum absolute atomic E-state index is 0.131. The van der Waals surface area contributed by atoms with Gasteiger partial charge in [0.15, 0.2) is 0 Å². The summed E-state index contributed by atoms with van der Waals surface area (Å²) in [6.45, 7) is -0.250. The molecule has 5 nitrogen and oxygen atoms in total. The van der Waals surface area contributed by atoms with Gasteiger partial charge in [-0.2, -0.15) is 0 Å². The van der Waals surface area contributed by atoms with Crippen molar-refractivity contribution >= 4 is 11.5 Å². The molecule has 4 rings (SSSR count). The maximum Gasteiger partial charge on any atom is 0.281 e. The van der Waals surface area contributed by atoms with Gasteiger partial charge in [-0.15, -0.1) is 0 Å². The van der Waals surface area contributed by atoms with Crippen molar-refractivity contribution in [1.82, 2.24) is 19.7 Å². The Morgan fingerprint density at radius 2 is 2.08 bits per heavy atom. The van der Waals surface area contributed by atoms with Crippen molar-refractivity contribution in [1.29, 1.82) is 0 Å². The molecule has 1 saturated heterocycles. The van der Waals surface area contributed by atoms with Crippen LogP contribution in [-0.2, 0) is 0 Å². The lowest BCUT2D eigenvalue weighted by atomic mass is 10.2. The van der Waals surface area contributed by atoms with Crippen LogP contribution in [0.5, 0.6) is 0 Å². The molecule has 0 bridgehead atoms. The Hall–Kier alpha value is -2.68. The number of nitrogens with one attached hydrogen (secondary N) is 2. The van der Waals surface area contributed by atoms with E-state index in [4.69, 9.17) is 0 Å². The molecule has 4 heterocycles. The molecule has 2 N–H and O–H groups in total. The molecule has 3 aromatic heterocycles. The summed E-state index contributed by atoms with van der Waals surface area (Å²) in [7, 11) is 0. The van der Waals surface area contributed by atoms with Crippen LogP contribution in [0.3, 0.4) is 0 Å². The Labute approximate surface area is 146 Å². The first-order chi connectivity index (χ1) is 12.4. The molecular formula is C17H15F4N5. The van der Waals surface area contributed by atoms with Crippen molar-refractivity contribution in [2.75, 3.05) is 18.4 Å². The smallest absolute Gasteiger partial charge is 0.281 e. The minimum atomic E-state index is -2.87. The molecule has 1 unspecified atom stereocenters. The molecule has 9 heteroatoms. The van der Waals surface area contributed by atoms with Crippen LogP contribution in [0.1, 0.15) is 12.0 Å². The summed E-state index contributed by atoms with van der Waals surface area (Å²) in [6, 6.07) is 6.69. The Morgan fingerprint density at radius 3 is 2.81 bits per heavy atom. The highest BCUT2D eigenvalue weighted by Gasteiger charge is 2.44. The van der Waals surface area contributed by atoms with Gasteiger partial charge in [0.05, 0.1) is 24.1 Å². The van der Waals surface area contributed by atoms with E-state index in [2.05, 4.69) is 20.6 Å². The predicted molar refractivity (Wildman–Crippen MR) is 88.6 cm³/mol. The lowest BCUT2D eigenvalue weighted by molar-refractivity contribution is 0.0138.